The van der Waals surface area contributed by atoms with Gasteiger partial charge in [-0.25, -0.2) is 0 Å². The molecule has 0 atom stereocenters. The molecule has 1 fully saturated rings. The molecule has 2 aromatic carbocycles. The number of ether oxygens (including phenoxy) is 2. The molecule has 3 rings (SSSR count). The lowest BCUT2D eigenvalue weighted by Gasteiger charge is -2.32. The zero-order valence-electron chi connectivity index (χ0n) is 18.0. The second kappa shape index (κ2) is 12.4. The smallest absolute Gasteiger partial charge is 0.220 e. The van der Waals surface area contributed by atoms with Crippen molar-refractivity contribution in [3.63, 3.8) is 0 Å². The SMILES string of the molecule is COc1cccc(CN2CCC(NC(=O)CCCOCCc3ccccc3)CC2)c1. The van der Waals surface area contributed by atoms with Crippen molar-refractivity contribution in [2.75, 3.05) is 33.4 Å². The maximum absolute atomic E-state index is 12.2. The minimum atomic E-state index is 0.146. The first kappa shape index (κ1) is 22.3. The molecule has 1 aliphatic heterocycles. The van der Waals surface area contributed by atoms with Crippen molar-refractivity contribution < 1.29 is 14.3 Å². The number of carbonyl (C=O) groups excluding carboxylic acids is 1. The number of hydrogen-bond acceptors (Lipinski definition) is 4. The molecular weight excluding hydrogens is 376 g/mol. The van der Waals surface area contributed by atoms with E-state index < -0.39 is 0 Å². The third kappa shape index (κ3) is 7.81. The molecule has 0 aliphatic carbocycles. The Hall–Kier alpha value is -2.37. The van der Waals surface area contributed by atoms with Gasteiger partial charge in [0.1, 0.15) is 5.75 Å². The number of nitrogens with one attached hydrogen (secondary N) is 1. The number of benzene rings is 2. The fraction of sp³-hybridized carbons (Fsp3) is 0.480. The van der Waals surface area contributed by atoms with E-state index in [9.17, 15) is 4.79 Å². The Morgan fingerprint density at radius 1 is 1.03 bits per heavy atom. The molecule has 162 valence electrons. The van der Waals surface area contributed by atoms with Gasteiger partial charge >= 0.3 is 0 Å². The van der Waals surface area contributed by atoms with E-state index in [0.29, 0.717) is 19.6 Å². The Kier molecular flexibility index (Phi) is 9.19. The lowest BCUT2D eigenvalue weighted by atomic mass is 10.0. The van der Waals surface area contributed by atoms with Crippen LogP contribution in [0.25, 0.3) is 0 Å². The highest BCUT2D eigenvalue weighted by atomic mass is 16.5. The first-order valence-corrected chi connectivity index (χ1v) is 11.0. The van der Waals surface area contributed by atoms with Crippen LogP contribution >= 0.6 is 0 Å². The van der Waals surface area contributed by atoms with Crippen LogP contribution in [0.2, 0.25) is 0 Å². The van der Waals surface area contributed by atoms with Gasteiger partial charge in [0.25, 0.3) is 0 Å². The maximum atomic E-state index is 12.2. The van der Waals surface area contributed by atoms with Gasteiger partial charge in [0.05, 0.1) is 13.7 Å². The van der Waals surface area contributed by atoms with Crippen molar-refractivity contribution in [3.05, 3.63) is 65.7 Å². The summed E-state index contributed by atoms with van der Waals surface area (Å²) >= 11 is 0. The Balaban J connectivity index is 1.24. The molecular formula is C25H34N2O3. The van der Waals surface area contributed by atoms with Gasteiger partial charge in [-0.3, -0.25) is 9.69 Å². The number of methoxy groups -OCH3 is 1. The molecule has 1 saturated heterocycles. The lowest BCUT2D eigenvalue weighted by molar-refractivity contribution is -0.122. The van der Waals surface area contributed by atoms with Crippen LogP contribution in [0.4, 0.5) is 0 Å². The molecule has 30 heavy (non-hydrogen) atoms. The van der Waals surface area contributed by atoms with Gasteiger partial charge in [-0.2, -0.15) is 0 Å². The summed E-state index contributed by atoms with van der Waals surface area (Å²) < 4.78 is 11.0. The number of amides is 1. The number of rotatable bonds is 11. The van der Waals surface area contributed by atoms with Gasteiger partial charge < -0.3 is 14.8 Å². The zero-order chi connectivity index (χ0) is 21.0. The molecule has 1 heterocycles. The van der Waals surface area contributed by atoms with Gasteiger partial charge in [-0.15, -0.1) is 0 Å². The Labute approximate surface area is 180 Å². The number of piperidine rings is 1. The van der Waals surface area contributed by atoms with E-state index in [-0.39, 0.29) is 11.9 Å². The summed E-state index contributed by atoms with van der Waals surface area (Å²) in [4.78, 5) is 14.7. The molecule has 2 aromatic rings. The van der Waals surface area contributed by atoms with Crippen LogP contribution in [-0.2, 0) is 22.5 Å². The van der Waals surface area contributed by atoms with Crippen LogP contribution in [0.1, 0.15) is 36.8 Å². The van der Waals surface area contributed by atoms with Gasteiger partial charge in [0.15, 0.2) is 0 Å². The topological polar surface area (TPSA) is 50.8 Å². The summed E-state index contributed by atoms with van der Waals surface area (Å²) in [7, 11) is 1.70. The van der Waals surface area contributed by atoms with Crippen molar-refractivity contribution in [2.24, 2.45) is 0 Å². The van der Waals surface area contributed by atoms with Gasteiger partial charge in [0.2, 0.25) is 5.91 Å². The van der Waals surface area contributed by atoms with Crippen LogP contribution in [-0.4, -0.2) is 50.3 Å². The molecule has 0 radical (unpaired) electrons. The average Bonchev–Trinajstić information content (AvgIpc) is 2.78. The van der Waals surface area contributed by atoms with Crippen LogP contribution in [0.3, 0.4) is 0 Å². The number of hydrogen-bond donors (Lipinski definition) is 1. The summed E-state index contributed by atoms with van der Waals surface area (Å²) in [6, 6.07) is 18.9. The van der Waals surface area contributed by atoms with Gasteiger partial charge in [-0.1, -0.05) is 42.5 Å². The van der Waals surface area contributed by atoms with Crippen LogP contribution in [0, 0.1) is 0 Å². The standard InChI is InChI=1S/C25H34N2O3/c1-29-24-10-5-9-22(19-24)20-27-15-12-23(13-16-27)26-25(28)11-6-17-30-18-14-21-7-3-2-4-8-21/h2-5,7-10,19,23H,6,11-18,20H2,1H3,(H,26,28). The second-order valence-electron chi connectivity index (χ2n) is 7.92. The molecule has 0 aromatic heterocycles. The largest absolute Gasteiger partial charge is 0.497 e. The molecule has 1 amide bonds. The average molecular weight is 411 g/mol. The van der Waals surface area contributed by atoms with E-state index in [2.05, 4.69) is 34.5 Å². The van der Waals surface area contributed by atoms with E-state index >= 15 is 0 Å². The van der Waals surface area contributed by atoms with E-state index in [1.54, 1.807) is 7.11 Å². The molecule has 0 unspecified atom stereocenters. The Morgan fingerprint density at radius 2 is 1.80 bits per heavy atom. The van der Waals surface area contributed by atoms with E-state index in [4.69, 9.17) is 9.47 Å². The van der Waals surface area contributed by atoms with Gasteiger partial charge in [0, 0.05) is 38.7 Å². The van der Waals surface area contributed by atoms with E-state index in [1.807, 2.05) is 30.3 Å². The normalized spacial score (nSPS) is 15.1. The quantitative estimate of drug-likeness (QED) is 0.572. The first-order chi connectivity index (χ1) is 14.7. The fourth-order valence-electron chi connectivity index (χ4n) is 3.84. The molecule has 5 nitrogen and oxygen atoms in total. The van der Waals surface area contributed by atoms with Gasteiger partial charge in [-0.05, 0) is 48.9 Å². The molecule has 5 heteroatoms. The minimum Gasteiger partial charge on any atom is -0.497 e. The van der Waals surface area contributed by atoms with E-state index in [0.717, 1.165) is 51.1 Å². The third-order valence-electron chi connectivity index (χ3n) is 5.56. The predicted molar refractivity (Wildman–Crippen MR) is 120 cm³/mol. The Morgan fingerprint density at radius 3 is 2.57 bits per heavy atom. The van der Waals surface area contributed by atoms with Crippen molar-refractivity contribution in [1.29, 1.82) is 0 Å². The van der Waals surface area contributed by atoms with Crippen molar-refractivity contribution >= 4 is 5.91 Å². The van der Waals surface area contributed by atoms with E-state index in [1.165, 1.54) is 11.1 Å². The minimum absolute atomic E-state index is 0.146. The summed E-state index contributed by atoms with van der Waals surface area (Å²) in [5.41, 5.74) is 2.55. The highest BCUT2D eigenvalue weighted by molar-refractivity contribution is 5.76. The van der Waals surface area contributed by atoms with Crippen molar-refractivity contribution in [2.45, 2.75) is 44.7 Å². The van der Waals surface area contributed by atoms with Crippen molar-refractivity contribution in [1.82, 2.24) is 10.2 Å². The molecule has 0 bridgehead atoms. The summed E-state index contributed by atoms with van der Waals surface area (Å²) in [6.07, 6.45) is 4.23. The van der Waals surface area contributed by atoms with Crippen LogP contribution in [0.15, 0.2) is 54.6 Å². The third-order valence-corrected chi connectivity index (χ3v) is 5.56. The first-order valence-electron chi connectivity index (χ1n) is 11.0. The molecule has 1 N–H and O–H groups in total. The van der Waals surface area contributed by atoms with Crippen molar-refractivity contribution in [3.8, 4) is 5.75 Å². The van der Waals surface area contributed by atoms with Crippen LogP contribution < -0.4 is 10.1 Å². The maximum Gasteiger partial charge on any atom is 0.220 e. The summed E-state index contributed by atoms with van der Waals surface area (Å²) in [6.45, 7) is 4.28. The summed E-state index contributed by atoms with van der Waals surface area (Å²) in [5, 5.41) is 3.20. The molecule has 0 spiro atoms. The predicted octanol–water partition coefficient (Wildman–Crippen LogP) is 3.82. The van der Waals surface area contributed by atoms with Crippen LogP contribution in [0.5, 0.6) is 5.75 Å². The highest BCUT2D eigenvalue weighted by Crippen LogP contribution is 2.17. The number of nitrogens with zero attached hydrogens (tertiary/aromatic N) is 1. The highest BCUT2D eigenvalue weighted by Gasteiger charge is 2.20. The molecule has 1 aliphatic rings. The monoisotopic (exact) mass is 410 g/mol. The summed E-state index contributed by atoms with van der Waals surface area (Å²) in [5.74, 6) is 1.05. The number of carbonyl (C=O) groups is 1. The Bertz CT molecular complexity index is 758. The second-order valence-corrected chi connectivity index (χ2v) is 7.92. The number of likely N-dealkylation sites (tertiary alicyclic amines) is 1. The lowest BCUT2D eigenvalue weighted by Crippen LogP contribution is -2.44. The fourth-order valence-corrected chi connectivity index (χ4v) is 3.84. The zero-order valence-corrected chi connectivity index (χ0v) is 18.0. The molecule has 0 saturated carbocycles.